The summed E-state index contributed by atoms with van der Waals surface area (Å²) in [6.45, 7) is 1.89. The molecule has 0 saturated carbocycles. The number of hydrogen-bond acceptors (Lipinski definition) is 2. The van der Waals surface area contributed by atoms with Gasteiger partial charge in [0, 0.05) is 11.6 Å². The van der Waals surface area contributed by atoms with Crippen LogP contribution in [0.3, 0.4) is 0 Å². The molecule has 0 atom stereocenters. The smallest absolute Gasteiger partial charge is 0.130 e. The molecule has 0 amide bonds. The first-order valence-corrected chi connectivity index (χ1v) is 5.81. The quantitative estimate of drug-likeness (QED) is 0.858. The topological polar surface area (TPSA) is 35.2 Å². The molecule has 0 heterocycles. The van der Waals surface area contributed by atoms with Crippen LogP contribution >= 0.6 is 12.2 Å². The molecule has 0 spiro atoms. The van der Waals surface area contributed by atoms with Crippen molar-refractivity contribution in [2.24, 2.45) is 5.73 Å². The van der Waals surface area contributed by atoms with Crippen molar-refractivity contribution in [3.05, 3.63) is 59.4 Å². The van der Waals surface area contributed by atoms with Gasteiger partial charge in [-0.2, -0.15) is 0 Å². The minimum atomic E-state index is -0.329. The molecule has 0 fully saturated rings. The molecule has 0 saturated heterocycles. The Balaban J connectivity index is 2.27. The lowest BCUT2D eigenvalue weighted by molar-refractivity contribution is 0.473. The minimum absolute atomic E-state index is 0.329. The van der Waals surface area contributed by atoms with Crippen LogP contribution in [0.1, 0.15) is 11.1 Å². The molecule has 2 N–H and O–H groups in total. The SMILES string of the molecule is Cc1cc(C(N)=S)ccc1Oc1cccc(F)c1. The van der Waals surface area contributed by atoms with Crippen LogP contribution in [-0.2, 0) is 0 Å². The molecule has 0 radical (unpaired) electrons. The summed E-state index contributed by atoms with van der Waals surface area (Å²) in [7, 11) is 0. The van der Waals surface area contributed by atoms with E-state index in [1.807, 2.05) is 13.0 Å². The van der Waals surface area contributed by atoms with Crippen molar-refractivity contribution >= 4 is 17.2 Å². The highest BCUT2D eigenvalue weighted by Gasteiger charge is 2.05. The van der Waals surface area contributed by atoms with Gasteiger partial charge < -0.3 is 10.5 Å². The van der Waals surface area contributed by atoms with Gasteiger partial charge in [0.1, 0.15) is 22.3 Å². The number of ether oxygens (including phenoxy) is 1. The van der Waals surface area contributed by atoms with Gasteiger partial charge in [-0.15, -0.1) is 0 Å². The van der Waals surface area contributed by atoms with Gasteiger partial charge in [0.2, 0.25) is 0 Å². The molecule has 4 heteroatoms. The van der Waals surface area contributed by atoms with Gasteiger partial charge in [-0.05, 0) is 42.8 Å². The van der Waals surface area contributed by atoms with Crippen LogP contribution in [0.15, 0.2) is 42.5 Å². The maximum absolute atomic E-state index is 13.0. The normalized spacial score (nSPS) is 10.1. The Morgan fingerprint density at radius 2 is 2.00 bits per heavy atom. The summed E-state index contributed by atoms with van der Waals surface area (Å²) < 4.78 is 18.6. The highest BCUT2D eigenvalue weighted by Crippen LogP contribution is 2.26. The molecule has 0 aromatic heterocycles. The second kappa shape index (κ2) is 5.14. The van der Waals surface area contributed by atoms with E-state index in [4.69, 9.17) is 22.7 Å². The average Bonchev–Trinajstić information content (AvgIpc) is 2.31. The predicted octanol–water partition coefficient (Wildman–Crippen LogP) is 3.56. The maximum Gasteiger partial charge on any atom is 0.130 e. The van der Waals surface area contributed by atoms with Crippen molar-refractivity contribution < 1.29 is 9.13 Å². The predicted molar refractivity (Wildman–Crippen MR) is 73.5 cm³/mol. The fourth-order valence-electron chi connectivity index (χ4n) is 1.57. The van der Waals surface area contributed by atoms with Gasteiger partial charge in [-0.3, -0.25) is 0 Å². The Labute approximate surface area is 110 Å². The van der Waals surface area contributed by atoms with E-state index >= 15 is 0 Å². The summed E-state index contributed by atoms with van der Waals surface area (Å²) in [6, 6.07) is 11.4. The Hall–Kier alpha value is -1.94. The largest absolute Gasteiger partial charge is 0.457 e. The van der Waals surface area contributed by atoms with E-state index in [0.717, 1.165) is 11.1 Å². The molecule has 0 bridgehead atoms. The minimum Gasteiger partial charge on any atom is -0.457 e. The third kappa shape index (κ3) is 2.84. The molecule has 0 aliphatic carbocycles. The van der Waals surface area contributed by atoms with Gasteiger partial charge >= 0.3 is 0 Å². The molecular formula is C14H12FNOS. The fourth-order valence-corrected chi connectivity index (χ4v) is 1.70. The van der Waals surface area contributed by atoms with Crippen LogP contribution < -0.4 is 10.5 Å². The van der Waals surface area contributed by atoms with Crippen molar-refractivity contribution in [3.8, 4) is 11.5 Å². The summed E-state index contributed by atoms with van der Waals surface area (Å²) in [6.07, 6.45) is 0. The Kier molecular flexibility index (Phi) is 3.58. The first-order valence-electron chi connectivity index (χ1n) is 5.40. The number of hydrogen-bond donors (Lipinski definition) is 1. The van der Waals surface area contributed by atoms with Crippen molar-refractivity contribution in [1.82, 2.24) is 0 Å². The van der Waals surface area contributed by atoms with E-state index in [2.05, 4.69) is 0 Å². The Morgan fingerprint density at radius 1 is 1.22 bits per heavy atom. The summed E-state index contributed by atoms with van der Waals surface area (Å²) in [5.74, 6) is 0.784. The summed E-state index contributed by atoms with van der Waals surface area (Å²) >= 11 is 4.90. The van der Waals surface area contributed by atoms with Crippen LogP contribution in [0.4, 0.5) is 4.39 Å². The van der Waals surface area contributed by atoms with E-state index in [0.29, 0.717) is 16.5 Å². The van der Waals surface area contributed by atoms with Crippen molar-refractivity contribution in [2.45, 2.75) is 6.92 Å². The lowest BCUT2D eigenvalue weighted by atomic mass is 10.1. The zero-order chi connectivity index (χ0) is 13.1. The zero-order valence-corrected chi connectivity index (χ0v) is 10.6. The highest BCUT2D eigenvalue weighted by atomic mass is 32.1. The van der Waals surface area contributed by atoms with E-state index < -0.39 is 0 Å². The van der Waals surface area contributed by atoms with E-state index in [1.54, 1.807) is 24.3 Å². The first kappa shape index (κ1) is 12.5. The molecule has 0 aliphatic rings. The van der Waals surface area contributed by atoms with Gasteiger partial charge in [-0.25, -0.2) is 4.39 Å². The molecule has 2 nitrogen and oxygen atoms in total. The molecule has 2 aromatic carbocycles. The summed E-state index contributed by atoms with van der Waals surface area (Å²) in [5.41, 5.74) is 7.23. The lowest BCUT2D eigenvalue weighted by Gasteiger charge is -2.10. The summed E-state index contributed by atoms with van der Waals surface area (Å²) in [4.78, 5) is 0.343. The van der Waals surface area contributed by atoms with E-state index in [1.165, 1.54) is 12.1 Å². The second-order valence-electron chi connectivity index (χ2n) is 3.90. The van der Waals surface area contributed by atoms with Crippen molar-refractivity contribution in [2.75, 3.05) is 0 Å². The molecule has 92 valence electrons. The molecular weight excluding hydrogens is 249 g/mol. The maximum atomic E-state index is 13.0. The Morgan fingerprint density at radius 3 is 2.61 bits per heavy atom. The van der Waals surface area contributed by atoms with Crippen LogP contribution in [0.5, 0.6) is 11.5 Å². The molecule has 2 aromatic rings. The van der Waals surface area contributed by atoms with Crippen LogP contribution in [-0.4, -0.2) is 4.99 Å². The summed E-state index contributed by atoms with van der Waals surface area (Å²) in [5, 5.41) is 0. The third-order valence-electron chi connectivity index (χ3n) is 2.48. The third-order valence-corrected chi connectivity index (χ3v) is 2.72. The van der Waals surface area contributed by atoms with E-state index in [9.17, 15) is 4.39 Å². The number of aryl methyl sites for hydroxylation is 1. The fraction of sp³-hybridized carbons (Fsp3) is 0.0714. The number of nitrogens with two attached hydrogens (primary N) is 1. The lowest BCUT2D eigenvalue weighted by Crippen LogP contribution is -2.09. The van der Waals surface area contributed by atoms with Crippen molar-refractivity contribution in [1.29, 1.82) is 0 Å². The number of thiocarbonyl (C=S) groups is 1. The van der Waals surface area contributed by atoms with Gasteiger partial charge in [0.05, 0.1) is 0 Å². The van der Waals surface area contributed by atoms with Crippen LogP contribution in [0.25, 0.3) is 0 Å². The van der Waals surface area contributed by atoms with Gasteiger partial charge in [-0.1, -0.05) is 18.3 Å². The molecule has 18 heavy (non-hydrogen) atoms. The number of rotatable bonds is 3. The molecule has 0 aliphatic heterocycles. The second-order valence-corrected chi connectivity index (χ2v) is 4.34. The van der Waals surface area contributed by atoms with Gasteiger partial charge in [0.15, 0.2) is 0 Å². The van der Waals surface area contributed by atoms with E-state index in [-0.39, 0.29) is 5.82 Å². The number of benzene rings is 2. The highest BCUT2D eigenvalue weighted by molar-refractivity contribution is 7.80. The molecule has 0 unspecified atom stereocenters. The zero-order valence-electron chi connectivity index (χ0n) is 9.81. The average molecular weight is 261 g/mol. The standard InChI is InChI=1S/C14H12FNOS/c1-9-7-10(14(16)18)5-6-13(9)17-12-4-2-3-11(15)8-12/h2-8H,1H3,(H2,16,18). The Bertz CT molecular complexity index is 598. The monoisotopic (exact) mass is 261 g/mol. The van der Waals surface area contributed by atoms with Crippen LogP contribution in [0, 0.1) is 12.7 Å². The number of halogens is 1. The van der Waals surface area contributed by atoms with Gasteiger partial charge in [0.25, 0.3) is 0 Å². The van der Waals surface area contributed by atoms with Crippen LogP contribution in [0.2, 0.25) is 0 Å². The first-order chi connectivity index (χ1) is 8.56. The molecule has 2 rings (SSSR count). The van der Waals surface area contributed by atoms with Crippen molar-refractivity contribution in [3.63, 3.8) is 0 Å².